The molecule has 0 N–H and O–H groups in total. The lowest BCUT2D eigenvalue weighted by molar-refractivity contribution is 0.660. The molecule has 0 atom stereocenters. The number of hydrogen-bond donors (Lipinski definition) is 0. The maximum absolute atomic E-state index is 2.39. The lowest BCUT2D eigenvalue weighted by atomic mass is 9.82. The molecule has 0 saturated heterocycles. The smallest absolute Gasteiger partial charge is 0.0541 e. The normalized spacial score (nSPS) is 12.9. The highest BCUT2D eigenvalue weighted by Crippen LogP contribution is 2.50. The lowest BCUT2D eigenvalue weighted by Gasteiger charge is -2.27. The Hall–Kier alpha value is -6.64. The third-order valence-electron chi connectivity index (χ3n) is 11.2. The molecule has 8 aromatic carbocycles. The highest BCUT2D eigenvalue weighted by molar-refractivity contribution is 6.10. The van der Waals surface area contributed by atoms with E-state index in [1.807, 2.05) is 0 Å². The van der Waals surface area contributed by atoms with E-state index in [4.69, 9.17) is 0 Å². The van der Waals surface area contributed by atoms with Crippen molar-refractivity contribution in [2.24, 2.45) is 0 Å². The predicted molar refractivity (Wildman–Crippen MR) is 224 cm³/mol. The van der Waals surface area contributed by atoms with Crippen LogP contribution in [0.2, 0.25) is 0 Å². The number of fused-ring (bicyclic) bond motifs is 6. The van der Waals surface area contributed by atoms with Crippen molar-refractivity contribution in [1.82, 2.24) is 4.57 Å². The number of nitrogens with zero attached hydrogens (tertiary/aromatic N) is 2. The molecule has 2 heteroatoms. The Morgan fingerprint density at radius 1 is 0.377 bits per heavy atom. The summed E-state index contributed by atoms with van der Waals surface area (Å²) in [7, 11) is 0. The van der Waals surface area contributed by atoms with Crippen LogP contribution in [0.15, 0.2) is 194 Å². The van der Waals surface area contributed by atoms with Crippen molar-refractivity contribution < 1.29 is 0 Å². The summed E-state index contributed by atoms with van der Waals surface area (Å²) >= 11 is 0. The standard InChI is InChI=1S/C51H38N2/c1-51(2)47-19-11-9-17-43(47)45-34-42(30-31-48(45)51)52(40-26-21-36(22-27-40)35-13-5-3-6-14-35)41-28-23-37(24-29-41)38-25-32-50-46(33-38)44-18-10-12-20-49(44)53(50)39-15-7-4-8-16-39/h3-34H,1-2H3. The van der Waals surface area contributed by atoms with E-state index in [1.165, 1.54) is 72.0 Å². The van der Waals surface area contributed by atoms with Gasteiger partial charge in [-0.15, -0.1) is 0 Å². The SMILES string of the molecule is CC1(C)c2ccccc2-c2cc(N(c3ccc(-c4ccccc4)cc3)c3ccc(-c4ccc5c(c4)c4ccccc4n5-c4ccccc4)cc3)ccc21. The zero-order valence-corrected chi connectivity index (χ0v) is 29.9. The molecule has 1 heterocycles. The van der Waals surface area contributed by atoms with E-state index < -0.39 is 0 Å². The summed E-state index contributed by atoms with van der Waals surface area (Å²) in [4.78, 5) is 2.39. The summed E-state index contributed by atoms with van der Waals surface area (Å²) in [6.07, 6.45) is 0. The van der Waals surface area contributed by atoms with Crippen molar-refractivity contribution in [3.8, 4) is 39.1 Å². The molecule has 0 aliphatic heterocycles. The Balaban J connectivity index is 1.07. The molecular formula is C51H38N2. The molecule has 0 radical (unpaired) electrons. The van der Waals surface area contributed by atoms with Crippen molar-refractivity contribution in [2.45, 2.75) is 19.3 Å². The molecular weight excluding hydrogens is 641 g/mol. The molecule has 0 spiro atoms. The van der Waals surface area contributed by atoms with Gasteiger partial charge in [-0.1, -0.05) is 141 Å². The van der Waals surface area contributed by atoms with Crippen molar-refractivity contribution in [3.05, 3.63) is 205 Å². The van der Waals surface area contributed by atoms with Crippen molar-refractivity contribution >= 4 is 38.9 Å². The van der Waals surface area contributed by atoms with Crippen LogP contribution in [-0.4, -0.2) is 4.57 Å². The summed E-state index contributed by atoms with van der Waals surface area (Å²) in [5.41, 5.74) is 17.2. The van der Waals surface area contributed by atoms with Gasteiger partial charge in [-0.05, 0) is 111 Å². The summed E-state index contributed by atoms with van der Waals surface area (Å²) in [6.45, 7) is 4.68. The van der Waals surface area contributed by atoms with E-state index in [9.17, 15) is 0 Å². The Morgan fingerprint density at radius 3 is 1.64 bits per heavy atom. The molecule has 2 nitrogen and oxygen atoms in total. The van der Waals surface area contributed by atoms with Gasteiger partial charge >= 0.3 is 0 Å². The van der Waals surface area contributed by atoms with Crippen LogP contribution < -0.4 is 4.90 Å². The molecule has 1 aromatic heterocycles. The largest absolute Gasteiger partial charge is 0.310 e. The molecule has 1 aliphatic carbocycles. The fourth-order valence-corrected chi connectivity index (χ4v) is 8.54. The van der Waals surface area contributed by atoms with E-state index in [0.717, 1.165) is 17.1 Å². The Bertz CT molecular complexity index is 2770. The number of para-hydroxylation sites is 2. The van der Waals surface area contributed by atoms with E-state index in [2.05, 4.69) is 217 Å². The second-order valence-electron chi connectivity index (χ2n) is 14.6. The van der Waals surface area contributed by atoms with Crippen LogP contribution in [0.5, 0.6) is 0 Å². The van der Waals surface area contributed by atoms with Crippen LogP contribution in [0.3, 0.4) is 0 Å². The molecule has 0 fully saturated rings. The predicted octanol–water partition coefficient (Wildman–Crippen LogP) is 13.9. The second-order valence-corrected chi connectivity index (χ2v) is 14.6. The zero-order valence-electron chi connectivity index (χ0n) is 29.9. The van der Waals surface area contributed by atoms with Gasteiger partial charge in [-0.25, -0.2) is 0 Å². The van der Waals surface area contributed by atoms with Gasteiger partial charge in [0.2, 0.25) is 0 Å². The number of benzene rings is 8. The second kappa shape index (κ2) is 12.3. The summed E-state index contributed by atoms with van der Waals surface area (Å²) in [5.74, 6) is 0. The number of rotatable bonds is 6. The van der Waals surface area contributed by atoms with Gasteiger partial charge in [0, 0.05) is 38.9 Å². The van der Waals surface area contributed by atoms with Crippen molar-refractivity contribution in [2.75, 3.05) is 4.90 Å². The highest BCUT2D eigenvalue weighted by Gasteiger charge is 2.35. The van der Waals surface area contributed by atoms with Crippen LogP contribution >= 0.6 is 0 Å². The monoisotopic (exact) mass is 678 g/mol. The number of aromatic nitrogens is 1. The number of anilines is 3. The van der Waals surface area contributed by atoms with Crippen LogP contribution in [-0.2, 0) is 5.41 Å². The summed E-state index contributed by atoms with van der Waals surface area (Å²) in [5, 5.41) is 2.52. The Kier molecular flexibility index (Phi) is 7.19. The minimum Gasteiger partial charge on any atom is -0.310 e. The molecule has 53 heavy (non-hydrogen) atoms. The van der Waals surface area contributed by atoms with Crippen molar-refractivity contribution in [3.63, 3.8) is 0 Å². The lowest BCUT2D eigenvalue weighted by Crippen LogP contribution is -2.15. The fraction of sp³-hybridized carbons (Fsp3) is 0.0588. The minimum atomic E-state index is -0.0389. The highest BCUT2D eigenvalue weighted by atomic mass is 15.1. The van der Waals surface area contributed by atoms with Crippen LogP contribution in [0.4, 0.5) is 17.1 Å². The van der Waals surface area contributed by atoms with Gasteiger partial charge in [-0.3, -0.25) is 0 Å². The van der Waals surface area contributed by atoms with Gasteiger partial charge in [0.05, 0.1) is 11.0 Å². The zero-order chi connectivity index (χ0) is 35.5. The average molecular weight is 679 g/mol. The van der Waals surface area contributed by atoms with Gasteiger partial charge in [-0.2, -0.15) is 0 Å². The van der Waals surface area contributed by atoms with E-state index in [0.29, 0.717) is 0 Å². The average Bonchev–Trinajstić information content (AvgIpc) is 3.67. The molecule has 1 aliphatic rings. The minimum absolute atomic E-state index is 0.0389. The fourth-order valence-electron chi connectivity index (χ4n) is 8.54. The van der Waals surface area contributed by atoms with Gasteiger partial charge in [0.15, 0.2) is 0 Å². The van der Waals surface area contributed by atoms with E-state index in [-0.39, 0.29) is 5.41 Å². The first-order valence-corrected chi connectivity index (χ1v) is 18.4. The van der Waals surface area contributed by atoms with E-state index in [1.54, 1.807) is 0 Å². The molecule has 252 valence electrons. The maximum Gasteiger partial charge on any atom is 0.0541 e. The molecule has 0 saturated carbocycles. The summed E-state index contributed by atoms with van der Waals surface area (Å²) < 4.78 is 2.37. The van der Waals surface area contributed by atoms with Crippen molar-refractivity contribution in [1.29, 1.82) is 0 Å². The topological polar surface area (TPSA) is 8.17 Å². The first-order valence-electron chi connectivity index (χ1n) is 18.4. The quantitative estimate of drug-likeness (QED) is 0.170. The van der Waals surface area contributed by atoms with E-state index >= 15 is 0 Å². The molecule has 9 aromatic rings. The van der Waals surface area contributed by atoms with Crippen LogP contribution in [0.1, 0.15) is 25.0 Å². The number of hydrogen-bond acceptors (Lipinski definition) is 1. The summed E-state index contributed by atoms with van der Waals surface area (Å²) in [6, 6.07) is 70.8. The van der Waals surface area contributed by atoms with Crippen LogP contribution in [0, 0.1) is 0 Å². The Morgan fingerprint density at radius 2 is 0.906 bits per heavy atom. The third kappa shape index (κ3) is 5.10. The first-order chi connectivity index (χ1) is 26.0. The van der Waals surface area contributed by atoms with Crippen LogP contribution in [0.25, 0.3) is 60.9 Å². The molecule has 0 amide bonds. The maximum atomic E-state index is 2.39. The molecule has 0 unspecified atom stereocenters. The van der Waals surface area contributed by atoms with Gasteiger partial charge in [0.1, 0.15) is 0 Å². The Labute approximate surface area is 310 Å². The van der Waals surface area contributed by atoms with Gasteiger partial charge in [0.25, 0.3) is 0 Å². The molecule has 10 rings (SSSR count). The molecule has 0 bridgehead atoms. The first kappa shape index (κ1) is 31.1. The van der Waals surface area contributed by atoms with Gasteiger partial charge < -0.3 is 9.47 Å². The third-order valence-corrected chi connectivity index (χ3v) is 11.2.